The number of carbonyl (C=O) groups is 2. The smallest absolute Gasteiger partial charge is 0.244 e. The summed E-state index contributed by atoms with van der Waals surface area (Å²) in [6.07, 6.45) is 1.28. The number of rotatable bonds is 14. The molecule has 1 N–H and O–H groups in total. The van der Waals surface area contributed by atoms with E-state index < -0.39 is 28.5 Å². The first-order valence-electron chi connectivity index (χ1n) is 13.5. The molecule has 42 heavy (non-hydrogen) atoms. The number of halogens is 1. The number of hydrogen-bond acceptors (Lipinski definition) is 6. The molecule has 11 heteroatoms. The zero-order valence-corrected chi connectivity index (χ0v) is 26.9. The first-order valence-corrected chi connectivity index (χ1v) is 16.1. The molecule has 0 unspecified atom stereocenters. The number of carbonyl (C=O) groups excluding carboxylic acids is 2. The lowest BCUT2D eigenvalue weighted by Crippen LogP contribution is -2.53. The predicted octanol–water partition coefficient (Wildman–Crippen LogP) is 4.64. The van der Waals surface area contributed by atoms with Crippen LogP contribution in [0.3, 0.4) is 0 Å². The van der Waals surface area contributed by atoms with Crippen LogP contribution in [0.5, 0.6) is 11.5 Å². The van der Waals surface area contributed by atoms with Gasteiger partial charge in [-0.2, -0.15) is 0 Å². The second-order valence-electron chi connectivity index (χ2n) is 10.3. The minimum atomic E-state index is -3.95. The number of nitrogens with one attached hydrogen (secondary N) is 1. The molecule has 9 nitrogen and oxygen atoms in total. The summed E-state index contributed by atoms with van der Waals surface area (Å²) in [6, 6.07) is 20.6. The summed E-state index contributed by atoms with van der Waals surface area (Å²) in [5.41, 5.74) is 1.84. The van der Waals surface area contributed by atoms with Crippen molar-refractivity contribution in [3.8, 4) is 11.5 Å². The van der Waals surface area contributed by atoms with Crippen LogP contribution in [0.1, 0.15) is 25.0 Å². The van der Waals surface area contributed by atoms with Gasteiger partial charge in [0.1, 0.15) is 24.1 Å². The van der Waals surface area contributed by atoms with Crippen molar-refractivity contribution in [1.82, 2.24) is 10.2 Å². The fourth-order valence-electron chi connectivity index (χ4n) is 4.35. The second kappa shape index (κ2) is 15.1. The van der Waals surface area contributed by atoms with Gasteiger partial charge in [-0.3, -0.25) is 13.9 Å². The van der Waals surface area contributed by atoms with Crippen molar-refractivity contribution in [2.24, 2.45) is 5.92 Å². The maximum Gasteiger partial charge on any atom is 0.244 e. The van der Waals surface area contributed by atoms with Gasteiger partial charge >= 0.3 is 0 Å². The van der Waals surface area contributed by atoms with E-state index in [4.69, 9.17) is 9.47 Å². The van der Waals surface area contributed by atoms with E-state index in [2.05, 4.69) is 21.2 Å². The summed E-state index contributed by atoms with van der Waals surface area (Å²) >= 11 is 3.44. The van der Waals surface area contributed by atoms with Gasteiger partial charge in [0.05, 0.1) is 26.2 Å². The Bertz CT molecular complexity index is 1450. The maximum atomic E-state index is 14.2. The molecular weight excluding hydrogens is 622 g/mol. The molecule has 0 aliphatic carbocycles. The molecule has 0 saturated carbocycles. The highest BCUT2D eigenvalue weighted by atomic mass is 79.9. The average Bonchev–Trinajstić information content (AvgIpc) is 2.96. The van der Waals surface area contributed by atoms with E-state index >= 15 is 0 Å². The van der Waals surface area contributed by atoms with Gasteiger partial charge in [-0.05, 0) is 41.3 Å². The molecule has 0 radical (unpaired) electrons. The molecule has 0 fully saturated rings. The second-order valence-corrected chi connectivity index (χ2v) is 13.1. The van der Waals surface area contributed by atoms with Gasteiger partial charge in [-0.25, -0.2) is 8.42 Å². The molecule has 2 amide bonds. The molecule has 0 saturated heterocycles. The number of ether oxygens (including phenoxy) is 2. The topological polar surface area (TPSA) is 105 Å². The number of hydrogen-bond donors (Lipinski definition) is 1. The van der Waals surface area contributed by atoms with Crippen molar-refractivity contribution in [2.45, 2.75) is 32.9 Å². The Morgan fingerprint density at radius 3 is 2.17 bits per heavy atom. The Labute approximate surface area is 257 Å². The molecule has 226 valence electrons. The molecule has 0 heterocycles. The highest BCUT2D eigenvalue weighted by Crippen LogP contribution is 2.34. The van der Waals surface area contributed by atoms with Crippen LogP contribution in [0.15, 0.2) is 77.3 Å². The third-order valence-electron chi connectivity index (χ3n) is 6.56. The largest absolute Gasteiger partial charge is 0.497 e. The molecule has 0 aliphatic heterocycles. The van der Waals surface area contributed by atoms with Crippen molar-refractivity contribution in [3.63, 3.8) is 0 Å². The van der Waals surface area contributed by atoms with Crippen molar-refractivity contribution in [1.29, 1.82) is 0 Å². The van der Waals surface area contributed by atoms with Crippen LogP contribution in [0.25, 0.3) is 0 Å². The van der Waals surface area contributed by atoms with Crippen LogP contribution in [0.2, 0.25) is 0 Å². The van der Waals surface area contributed by atoms with Crippen molar-refractivity contribution in [3.05, 3.63) is 88.4 Å². The lowest BCUT2D eigenvalue weighted by atomic mass is 10.0. The van der Waals surface area contributed by atoms with Crippen LogP contribution in [0.4, 0.5) is 5.69 Å². The van der Waals surface area contributed by atoms with Gasteiger partial charge in [0, 0.05) is 30.0 Å². The zero-order chi connectivity index (χ0) is 30.9. The average molecular weight is 661 g/mol. The lowest BCUT2D eigenvalue weighted by molar-refractivity contribution is -0.140. The highest BCUT2D eigenvalue weighted by molar-refractivity contribution is 9.10. The minimum absolute atomic E-state index is 0.0933. The summed E-state index contributed by atoms with van der Waals surface area (Å²) < 4.78 is 38.7. The first kappa shape index (κ1) is 32.9. The van der Waals surface area contributed by atoms with Crippen LogP contribution in [0, 0.1) is 5.92 Å². The van der Waals surface area contributed by atoms with Crippen molar-refractivity contribution < 1.29 is 27.5 Å². The number of methoxy groups -OCH3 is 2. The number of anilines is 1. The van der Waals surface area contributed by atoms with Crippen LogP contribution in [-0.2, 0) is 32.6 Å². The van der Waals surface area contributed by atoms with E-state index in [1.165, 1.54) is 25.2 Å². The van der Waals surface area contributed by atoms with Gasteiger partial charge in [0.15, 0.2) is 0 Å². The Morgan fingerprint density at radius 2 is 1.60 bits per heavy atom. The third-order valence-corrected chi connectivity index (χ3v) is 8.21. The Kier molecular flexibility index (Phi) is 11.8. The molecule has 3 aromatic carbocycles. The van der Waals surface area contributed by atoms with Crippen LogP contribution < -0.4 is 19.1 Å². The number of sulfonamides is 1. The molecule has 0 aliphatic rings. The molecule has 3 rings (SSSR count). The summed E-state index contributed by atoms with van der Waals surface area (Å²) in [6.45, 7) is 3.97. The fourth-order valence-corrected chi connectivity index (χ4v) is 5.47. The summed E-state index contributed by atoms with van der Waals surface area (Å²) in [5, 5.41) is 2.97. The van der Waals surface area contributed by atoms with E-state index in [1.807, 2.05) is 68.4 Å². The highest BCUT2D eigenvalue weighted by Gasteiger charge is 2.33. The fraction of sp³-hybridized carbons (Fsp3) is 0.355. The first-order chi connectivity index (χ1) is 19.9. The molecule has 0 bridgehead atoms. The molecule has 3 aromatic rings. The maximum absolute atomic E-state index is 14.2. The third kappa shape index (κ3) is 9.22. The Balaban J connectivity index is 2.08. The predicted molar refractivity (Wildman–Crippen MR) is 168 cm³/mol. The van der Waals surface area contributed by atoms with E-state index in [9.17, 15) is 18.0 Å². The minimum Gasteiger partial charge on any atom is -0.497 e. The SMILES string of the molecule is COc1ccc(N(CC(=O)N(Cc2ccc(Br)cc2)[C@H](Cc2ccccc2)C(=O)NCC(C)C)S(C)(=O)=O)c(OC)c1. The normalized spacial score (nSPS) is 12.0. The molecular formula is C31H38BrN3O6S. The quantitative estimate of drug-likeness (QED) is 0.270. The molecule has 0 aromatic heterocycles. The van der Waals surface area contributed by atoms with Gasteiger partial charge in [-0.15, -0.1) is 0 Å². The Hall–Kier alpha value is -3.57. The van der Waals surface area contributed by atoms with Gasteiger partial charge in [-0.1, -0.05) is 72.2 Å². The van der Waals surface area contributed by atoms with Gasteiger partial charge < -0.3 is 19.7 Å². The van der Waals surface area contributed by atoms with Gasteiger partial charge in [0.2, 0.25) is 21.8 Å². The number of benzene rings is 3. The van der Waals surface area contributed by atoms with Gasteiger partial charge in [0.25, 0.3) is 0 Å². The Morgan fingerprint density at radius 1 is 0.929 bits per heavy atom. The molecule has 1 atom stereocenters. The van der Waals surface area contributed by atoms with E-state index in [0.717, 1.165) is 26.2 Å². The summed E-state index contributed by atoms with van der Waals surface area (Å²) in [4.78, 5) is 29.4. The number of amides is 2. The van der Waals surface area contributed by atoms with Crippen LogP contribution >= 0.6 is 15.9 Å². The van der Waals surface area contributed by atoms with E-state index in [0.29, 0.717) is 12.3 Å². The van der Waals surface area contributed by atoms with Crippen LogP contribution in [-0.4, -0.2) is 64.7 Å². The monoisotopic (exact) mass is 659 g/mol. The van der Waals surface area contributed by atoms with Crippen molar-refractivity contribution >= 4 is 43.5 Å². The van der Waals surface area contributed by atoms with E-state index in [1.54, 1.807) is 12.1 Å². The standard InChI is InChI=1S/C31H38BrN3O6S/c1-22(2)19-33-31(37)28(17-23-9-7-6-8-10-23)34(20-24-11-13-25(32)14-12-24)30(36)21-35(42(5,38)39)27-16-15-26(40-3)18-29(27)41-4/h6-16,18,22,28H,17,19-21H2,1-5H3,(H,33,37)/t28-/m1/s1. The lowest BCUT2D eigenvalue weighted by Gasteiger charge is -2.34. The van der Waals surface area contributed by atoms with Crippen molar-refractivity contribution in [2.75, 3.05) is 37.9 Å². The molecule has 0 spiro atoms. The zero-order valence-electron chi connectivity index (χ0n) is 24.5. The summed E-state index contributed by atoms with van der Waals surface area (Å²) in [7, 11) is -1.04. The van der Waals surface area contributed by atoms with E-state index in [-0.39, 0.29) is 36.2 Å². The summed E-state index contributed by atoms with van der Waals surface area (Å²) in [5.74, 6) is 0.0394. The number of nitrogens with zero attached hydrogens (tertiary/aromatic N) is 2.